The van der Waals surface area contributed by atoms with Crippen LogP contribution >= 0.6 is 0 Å². The van der Waals surface area contributed by atoms with E-state index in [1.165, 1.54) is 12.1 Å². The predicted octanol–water partition coefficient (Wildman–Crippen LogP) is 3.39. The monoisotopic (exact) mass is 367 g/mol. The third-order valence-electron chi connectivity index (χ3n) is 3.41. The second kappa shape index (κ2) is 9.72. The second-order valence-electron chi connectivity index (χ2n) is 6.80. The summed E-state index contributed by atoms with van der Waals surface area (Å²) in [5, 5.41) is 20.0. The SMILES string of the molecule is CC(Cc1ccc(F)cc1)N[C@H](CO)C(C)(C)C.O=C(O)C(F)(F)F. The van der Waals surface area contributed by atoms with Crippen LogP contribution in [-0.2, 0) is 11.2 Å². The van der Waals surface area contributed by atoms with Crippen molar-refractivity contribution in [2.24, 2.45) is 5.41 Å². The van der Waals surface area contributed by atoms with E-state index in [-0.39, 0.29) is 29.9 Å². The molecule has 1 aromatic carbocycles. The first-order valence-corrected chi connectivity index (χ1v) is 7.68. The number of aliphatic hydroxyl groups is 1. The summed E-state index contributed by atoms with van der Waals surface area (Å²) in [6.45, 7) is 8.51. The highest BCUT2D eigenvalue weighted by Gasteiger charge is 2.38. The van der Waals surface area contributed by atoms with Crippen LogP contribution < -0.4 is 5.32 Å². The normalized spacial score (nSPS) is 14.3. The molecular weight excluding hydrogens is 342 g/mol. The smallest absolute Gasteiger partial charge is 0.475 e. The molecule has 3 N–H and O–H groups in total. The van der Waals surface area contributed by atoms with E-state index in [4.69, 9.17) is 9.90 Å². The first kappa shape index (κ1) is 23.3. The van der Waals surface area contributed by atoms with E-state index in [1.54, 1.807) is 12.1 Å². The second-order valence-corrected chi connectivity index (χ2v) is 6.80. The Balaban J connectivity index is 0.000000697. The van der Waals surface area contributed by atoms with E-state index in [0.717, 1.165) is 12.0 Å². The number of carboxylic acids is 1. The lowest BCUT2D eigenvalue weighted by molar-refractivity contribution is -0.192. The van der Waals surface area contributed by atoms with Crippen LogP contribution in [0.3, 0.4) is 0 Å². The molecule has 25 heavy (non-hydrogen) atoms. The number of aliphatic carboxylic acids is 1. The maximum Gasteiger partial charge on any atom is 0.490 e. The minimum atomic E-state index is -5.08. The lowest BCUT2D eigenvalue weighted by Gasteiger charge is -2.32. The zero-order valence-electron chi connectivity index (χ0n) is 14.7. The van der Waals surface area contributed by atoms with Crippen molar-refractivity contribution in [2.75, 3.05) is 6.61 Å². The molecule has 8 heteroatoms. The quantitative estimate of drug-likeness (QED) is 0.698. The van der Waals surface area contributed by atoms with Crippen LogP contribution in [0.25, 0.3) is 0 Å². The molecule has 1 rings (SSSR count). The van der Waals surface area contributed by atoms with Gasteiger partial charge in [0, 0.05) is 12.1 Å². The fourth-order valence-corrected chi connectivity index (χ4v) is 1.95. The minimum Gasteiger partial charge on any atom is -0.475 e. The molecule has 2 atom stereocenters. The van der Waals surface area contributed by atoms with Crippen LogP contribution in [-0.4, -0.2) is 41.0 Å². The number of nitrogens with one attached hydrogen (secondary N) is 1. The molecule has 0 aromatic heterocycles. The molecule has 0 bridgehead atoms. The van der Waals surface area contributed by atoms with Gasteiger partial charge in [-0.05, 0) is 36.5 Å². The summed E-state index contributed by atoms with van der Waals surface area (Å²) in [7, 11) is 0. The van der Waals surface area contributed by atoms with E-state index in [2.05, 4.69) is 33.0 Å². The van der Waals surface area contributed by atoms with Crippen molar-refractivity contribution >= 4 is 5.97 Å². The predicted molar refractivity (Wildman–Crippen MR) is 86.7 cm³/mol. The van der Waals surface area contributed by atoms with Gasteiger partial charge in [0.15, 0.2) is 0 Å². The number of hydrogen-bond acceptors (Lipinski definition) is 3. The Morgan fingerprint density at radius 3 is 1.92 bits per heavy atom. The summed E-state index contributed by atoms with van der Waals surface area (Å²) in [5.74, 6) is -2.96. The van der Waals surface area contributed by atoms with E-state index >= 15 is 0 Å². The summed E-state index contributed by atoms with van der Waals surface area (Å²) in [4.78, 5) is 8.90. The Morgan fingerprint density at radius 2 is 1.60 bits per heavy atom. The van der Waals surface area contributed by atoms with Gasteiger partial charge in [-0.25, -0.2) is 9.18 Å². The van der Waals surface area contributed by atoms with Gasteiger partial charge in [0.2, 0.25) is 0 Å². The molecule has 0 amide bonds. The molecule has 0 saturated carbocycles. The highest BCUT2D eigenvalue weighted by atomic mass is 19.4. The van der Waals surface area contributed by atoms with Crippen LogP contribution in [0.15, 0.2) is 24.3 Å². The Labute approximate surface area is 144 Å². The molecule has 0 saturated heterocycles. The van der Waals surface area contributed by atoms with Gasteiger partial charge in [-0.15, -0.1) is 0 Å². The maximum absolute atomic E-state index is 12.8. The number of carbonyl (C=O) groups is 1. The van der Waals surface area contributed by atoms with Crippen LogP contribution in [0.2, 0.25) is 0 Å². The molecule has 0 radical (unpaired) electrons. The largest absolute Gasteiger partial charge is 0.490 e. The van der Waals surface area contributed by atoms with Gasteiger partial charge in [-0.2, -0.15) is 13.2 Å². The summed E-state index contributed by atoms with van der Waals surface area (Å²) in [5.41, 5.74) is 1.12. The van der Waals surface area contributed by atoms with E-state index < -0.39 is 12.1 Å². The Bertz CT molecular complexity index is 524. The molecule has 1 unspecified atom stereocenters. The van der Waals surface area contributed by atoms with Gasteiger partial charge < -0.3 is 15.5 Å². The van der Waals surface area contributed by atoms with E-state index in [1.807, 2.05) is 0 Å². The highest BCUT2D eigenvalue weighted by Crippen LogP contribution is 2.19. The first-order chi connectivity index (χ1) is 11.3. The zero-order valence-corrected chi connectivity index (χ0v) is 14.7. The molecule has 0 heterocycles. The number of hydrogen-bond donors (Lipinski definition) is 3. The summed E-state index contributed by atoms with van der Waals surface area (Å²) < 4.78 is 44.5. The molecule has 4 nitrogen and oxygen atoms in total. The van der Waals surface area contributed by atoms with Crippen molar-refractivity contribution in [1.82, 2.24) is 5.32 Å². The summed E-state index contributed by atoms with van der Waals surface area (Å²) in [6.07, 6.45) is -4.26. The van der Waals surface area contributed by atoms with E-state index in [9.17, 15) is 22.7 Å². The fraction of sp³-hybridized carbons (Fsp3) is 0.588. The van der Waals surface area contributed by atoms with Crippen LogP contribution in [0, 0.1) is 11.2 Å². The Morgan fingerprint density at radius 1 is 1.16 bits per heavy atom. The lowest BCUT2D eigenvalue weighted by atomic mass is 9.86. The van der Waals surface area contributed by atoms with Crippen molar-refractivity contribution in [3.05, 3.63) is 35.6 Å². The average Bonchev–Trinajstić information content (AvgIpc) is 2.45. The van der Waals surface area contributed by atoms with Gasteiger partial charge in [-0.3, -0.25) is 0 Å². The van der Waals surface area contributed by atoms with Crippen LogP contribution in [0.1, 0.15) is 33.3 Å². The van der Waals surface area contributed by atoms with Crippen LogP contribution in [0.5, 0.6) is 0 Å². The van der Waals surface area contributed by atoms with Gasteiger partial charge >= 0.3 is 12.1 Å². The molecule has 0 fully saturated rings. The van der Waals surface area contributed by atoms with E-state index in [0.29, 0.717) is 0 Å². The third kappa shape index (κ3) is 10.0. The molecule has 0 aliphatic carbocycles. The van der Waals surface area contributed by atoms with Gasteiger partial charge in [0.1, 0.15) is 5.82 Å². The average molecular weight is 367 g/mol. The Hall–Kier alpha value is -1.67. The number of halogens is 4. The maximum atomic E-state index is 12.8. The summed E-state index contributed by atoms with van der Waals surface area (Å²) >= 11 is 0. The highest BCUT2D eigenvalue weighted by molar-refractivity contribution is 5.73. The van der Waals surface area contributed by atoms with Gasteiger partial charge in [-0.1, -0.05) is 32.9 Å². The first-order valence-electron chi connectivity index (χ1n) is 7.68. The minimum absolute atomic E-state index is 0.0196. The summed E-state index contributed by atoms with van der Waals surface area (Å²) in [6, 6.07) is 6.88. The fourth-order valence-electron chi connectivity index (χ4n) is 1.95. The number of rotatable bonds is 5. The number of alkyl halides is 3. The van der Waals surface area contributed by atoms with Gasteiger partial charge in [0.05, 0.1) is 6.61 Å². The van der Waals surface area contributed by atoms with Gasteiger partial charge in [0.25, 0.3) is 0 Å². The molecule has 0 aliphatic rings. The van der Waals surface area contributed by atoms with Crippen molar-refractivity contribution in [3.63, 3.8) is 0 Å². The molecular formula is C17H25F4NO3. The molecule has 0 aliphatic heterocycles. The van der Waals surface area contributed by atoms with Crippen molar-refractivity contribution < 1.29 is 32.6 Å². The molecule has 144 valence electrons. The number of aliphatic hydroxyl groups excluding tert-OH is 1. The lowest BCUT2D eigenvalue weighted by Crippen LogP contribution is -2.47. The topological polar surface area (TPSA) is 69.6 Å². The molecule has 1 aromatic rings. The van der Waals surface area contributed by atoms with Crippen LogP contribution in [0.4, 0.5) is 17.6 Å². The third-order valence-corrected chi connectivity index (χ3v) is 3.41. The number of benzene rings is 1. The van der Waals surface area contributed by atoms with Crippen molar-refractivity contribution in [2.45, 2.75) is 52.4 Å². The van der Waals surface area contributed by atoms with Crippen molar-refractivity contribution in [3.8, 4) is 0 Å². The standard InChI is InChI=1S/C15H24FNO.C2HF3O2/c1-11(17-14(10-18)15(2,3)4)9-12-5-7-13(16)8-6-12;3-2(4,5)1(6)7/h5-8,11,14,17-18H,9-10H2,1-4H3;(H,6,7)/t11?,14-;/m1./s1. The number of carboxylic acid groups (broad SMARTS) is 1. The Kier molecular flexibility index (Phi) is 9.07. The molecule has 0 spiro atoms. The van der Waals surface area contributed by atoms with Crippen molar-refractivity contribution in [1.29, 1.82) is 0 Å². The zero-order chi connectivity index (χ0) is 19.8.